The number of carbonyl (C=O) groups excluding carboxylic acids is 3. The molecule has 1 fully saturated rings. The average molecular weight is 517 g/mol. The number of hydrogen-bond acceptors (Lipinski definition) is 7. The van der Waals surface area contributed by atoms with Crippen LogP contribution in [0.5, 0.6) is 0 Å². The zero-order chi connectivity index (χ0) is 25.3. The Morgan fingerprint density at radius 3 is 2.54 bits per heavy atom. The van der Waals surface area contributed by atoms with Crippen molar-refractivity contribution in [2.45, 2.75) is 29.8 Å². The number of thiophene rings is 1. The third-order valence-electron chi connectivity index (χ3n) is 4.98. The molecule has 4 rings (SSSR count). The van der Waals surface area contributed by atoms with Crippen LogP contribution in [-0.4, -0.2) is 28.0 Å². The molecular weight excluding hydrogens is 501 g/mol. The number of anilines is 2. The molecule has 0 spiro atoms. The molecular formula is C23H15F3N4O3S2. The number of pyridine rings is 1. The number of rotatable bonds is 5. The Labute approximate surface area is 205 Å². The lowest BCUT2D eigenvalue weighted by molar-refractivity contribution is -0.138. The minimum atomic E-state index is -4.81. The standard InChI is InChI=1S/C23H15F3N4O3S2/c1-12(31)28-13-4-6-14(7-5-13)30-20(32)10-19(22(30)33)35-21-15(11-27)16(23(24,25)26)9-17(29-21)18-3-2-8-34-18/h2-9,19H,10H2,1H3,(H,28,31)/t19-/m1/s1. The van der Waals surface area contributed by atoms with Gasteiger partial charge in [0, 0.05) is 19.0 Å². The van der Waals surface area contributed by atoms with Crippen molar-refractivity contribution < 1.29 is 27.6 Å². The van der Waals surface area contributed by atoms with Gasteiger partial charge in [0.15, 0.2) is 0 Å². The minimum absolute atomic E-state index is 0.0241. The van der Waals surface area contributed by atoms with Crippen molar-refractivity contribution in [2.24, 2.45) is 0 Å². The van der Waals surface area contributed by atoms with Crippen LogP contribution in [0.1, 0.15) is 24.5 Å². The zero-order valence-corrected chi connectivity index (χ0v) is 19.6. The number of imide groups is 1. The van der Waals surface area contributed by atoms with Crippen LogP contribution in [0.2, 0.25) is 0 Å². The second kappa shape index (κ2) is 9.52. The average Bonchev–Trinajstić information content (AvgIpc) is 3.42. The highest BCUT2D eigenvalue weighted by Gasteiger charge is 2.42. The molecule has 0 saturated carbocycles. The van der Waals surface area contributed by atoms with Crippen molar-refractivity contribution in [3.8, 4) is 16.6 Å². The SMILES string of the molecule is CC(=O)Nc1ccc(N2C(=O)C[C@@H](Sc3nc(-c4cccs4)cc(C(F)(F)F)c3C#N)C2=O)cc1. The van der Waals surface area contributed by atoms with E-state index in [1.54, 1.807) is 23.6 Å². The molecule has 1 aliphatic rings. The molecule has 0 bridgehead atoms. The first-order valence-corrected chi connectivity index (χ1v) is 11.8. The molecule has 7 nitrogen and oxygen atoms in total. The summed E-state index contributed by atoms with van der Waals surface area (Å²) < 4.78 is 41.2. The van der Waals surface area contributed by atoms with Crippen LogP contribution in [0.4, 0.5) is 24.5 Å². The maximum absolute atomic E-state index is 13.7. The van der Waals surface area contributed by atoms with Crippen LogP contribution in [0.25, 0.3) is 10.6 Å². The first-order valence-electron chi connectivity index (χ1n) is 10.1. The van der Waals surface area contributed by atoms with Crippen molar-refractivity contribution in [1.82, 2.24) is 4.98 Å². The number of carbonyl (C=O) groups is 3. The fraction of sp³-hybridized carbons (Fsp3) is 0.174. The van der Waals surface area contributed by atoms with Crippen LogP contribution in [0.15, 0.2) is 52.9 Å². The van der Waals surface area contributed by atoms with E-state index in [1.807, 2.05) is 0 Å². The molecule has 0 aliphatic carbocycles. The molecule has 0 radical (unpaired) electrons. The summed E-state index contributed by atoms with van der Waals surface area (Å²) in [6.45, 7) is 1.34. The van der Waals surface area contributed by atoms with E-state index in [0.29, 0.717) is 22.3 Å². The Hall–Kier alpha value is -3.69. The number of benzene rings is 1. The van der Waals surface area contributed by atoms with E-state index >= 15 is 0 Å². The second-order valence-electron chi connectivity index (χ2n) is 7.43. The van der Waals surface area contributed by atoms with Gasteiger partial charge in [-0.1, -0.05) is 17.8 Å². The van der Waals surface area contributed by atoms with E-state index in [4.69, 9.17) is 0 Å². The molecule has 178 valence electrons. The fourth-order valence-electron chi connectivity index (χ4n) is 3.49. The Bertz CT molecular complexity index is 1350. The molecule has 1 atom stereocenters. The molecule has 0 unspecified atom stereocenters. The monoisotopic (exact) mass is 516 g/mol. The van der Waals surface area contributed by atoms with E-state index in [2.05, 4.69) is 10.3 Å². The van der Waals surface area contributed by atoms with Gasteiger partial charge in [0.2, 0.25) is 17.7 Å². The van der Waals surface area contributed by atoms with E-state index in [0.717, 1.165) is 11.0 Å². The van der Waals surface area contributed by atoms with Crippen molar-refractivity contribution in [3.63, 3.8) is 0 Å². The van der Waals surface area contributed by atoms with Gasteiger partial charge in [-0.3, -0.25) is 14.4 Å². The maximum atomic E-state index is 13.7. The lowest BCUT2D eigenvalue weighted by Crippen LogP contribution is -2.31. The van der Waals surface area contributed by atoms with E-state index in [1.165, 1.54) is 42.5 Å². The van der Waals surface area contributed by atoms with Crippen LogP contribution in [-0.2, 0) is 20.6 Å². The summed E-state index contributed by atoms with van der Waals surface area (Å²) in [5.41, 5.74) is -1.09. The van der Waals surface area contributed by atoms with Gasteiger partial charge < -0.3 is 5.32 Å². The van der Waals surface area contributed by atoms with Gasteiger partial charge in [-0.05, 0) is 41.8 Å². The van der Waals surface area contributed by atoms with Gasteiger partial charge in [0.25, 0.3) is 0 Å². The van der Waals surface area contributed by atoms with Crippen LogP contribution >= 0.6 is 23.1 Å². The summed E-state index contributed by atoms with van der Waals surface area (Å²) in [6, 6.07) is 11.6. The molecule has 2 aromatic heterocycles. The number of nitrogens with one attached hydrogen (secondary N) is 1. The summed E-state index contributed by atoms with van der Waals surface area (Å²) >= 11 is 1.85. The Morgan fingerprint density at radius 2 is 1.97 bits per heavy atom. The third-order valence-corrected chi connectivity index (χ3v) is 7.05. The molecule has 1 N–H and O–H groups in total. The van der Waals surface area contributed by atoms with Crippen LogP contribution in [0, 0.1) is 11.3 Å². The quantitative estimate of drug-likeness (QED) is 0.474. The smallest absolute Gasteiger partial charge is 0.326 e. The number of nitriles is 1. The number of amides is 3. The largest absolute Gasteiger partial charge is 0.417 e. The molecule has 1 aromatic carbocycles. The van der Waals surface area contributed by atoms with Gasteiger partial charge in [-0.15, -0.1) is 11.3 Å². The predicted molar refractivity (Wildman–Crippen MR) is 125 cm³/mol. The van der Waals surface area contributed by atoms with Gasteiger partial charge in [0.1, 0.15) is 11.1 Å². The predicted octanol–water partition coefficient (Wildman–Crippen LogP) is 5.08. The molecule has 35 heavy (non-hydrogen) atoms. The molecule has 1 aliphatic heterocycles. The van der Waals surface area contributed by atoms with Crippen molar-refractivity contribution in [1.29, 1.82) is 5.26 Å². The normalized spacial score (nSPS) is 15.9. The third kappa shape index (κ3) is 5.06. The number of hydrogen-bond donors (Lipinski definition) is 1. The number of alkyl halides is 3. The number of halogens is 3. The molecule has 3 heterocycles. The number of nitrogens with zero attached hydrogens (tertiary/aromatic N) is 3. The molecule has 1 saturated heterocycles. The zero-order valence-electron chi connectivity index (χ0n) is 17.9. The van der Waals surface area contributed by atoms with Crippen LogP contribution < -0.4 is 10.2 Å². The summed E-state index contributed by atoms with van der Waals surface area (Å²) in [7, 11) is 0. The summed E-state index contributed by atoms with van der Waals surface area (Å²) in [4.78, 5) is 42.5. The lowest BCUT2D eigenvalue weighted by atomic mass is 10.1. The Balaban J connectivity index is 1.67. The van der Waals surface area contributed by atoms with Crippen molar-refractivity contribution in [3.05, 3.63) is 59.0 Å². The van der Waals surface area contributed by atoms with E-state index < -0.39 is 34.4 Å². The summed E-state index contributed by atoms with van der Waals surface area (Å²) in [5.74, 6) is -1.46. The van der Waals surface area contributed by atoms with Crippen molar-refractivity contribution >= 4 is 52.2 Å². The first-order chi connectivity index (χ1) is 16.6. The molecule has 3 amide bonds. The topological polar surface area (TPSA) is 103 Å². The first kappa shape index (κ1) is 24.4. The fourth-order valence-corrected chi connectivity index (χ4v) is 5.30. The van der Waals surface area contributed by atoms with Crippen LogP contribution in [0.3, 0.4) is 0 Å². The van der Waals surface area contributed by atoms with Gasteiger partial charge in [0.05, 0.1) is 32.6 Å². The van der Waals surface area contributed by atoms with Gasteiger partial charge in [-0.2, -0.15) is 18.4 Å². The Morgan fingerprint density at radius 1 is 1.26 bits per heavy atom. The summed E-state index contributed by atoms with van der Waals surface area (Å²) in [6.07, 6.45) is -5.08. The van der Waals surface area contributed by atoms with Gasteiger partial charge in [-0.25, -0.2) is 9.88 Å². The number of thioether (sulfide) groups is 1. The molecule has 12 heteroatoms. The van der Waals surface area contributed by atoms with Gasteiger partial charge >= 0.3 is 6.18 Å². The second-order valence-corrected chi connectivity index (χ2v) is 9.57. The summed E-state index contributed by atoms with van der Waals surface area (Å²) in [5, 5.41) is 12.4. The van der Waals surface area contributed by atoms with E-state index in [9.17, 15) is 32.8 Å². The highest BCUT2D eigenvalue weighted by molar-refractivity contribution is 8.00. The molecule has 3 aromatic rings. The maximum Gasteiger partial charge on any atom is 0.417 e. The highest BCUT2D eigenvalue weighted by atomic mass is 32.2. The minimum Gasteiger partial charge on any atom is -0.326 e. The van der Waals surface area contributed by atoms with E-state index in [-0.39, 0.29) is 28.7 Å². The highest BCUT2D eigenvalue weighted by Crippen LogP contribution is 2.41. The number of aromatic nitrogens is 1. The lowest BCUT2D eigenvalue weighted by Gasteiger charge is -2.17. The Kier molecular flexibility index (Phi) is 6.64. The van der Waals surface area contributed by atoms with Crippen molar-refractivity contribution in [2.75, 3.05) is 10.2 Å².